The number of aryl methyl sites for hydroxylation is 2. The van der Waals surface area contributed by atoms with Crippen molar-refractivity contribution in [3.05, 3.63) is 65.7 Å². The third-order valence-electron chi connectivity index (χ3n) is 4.76. The molecule has 0 aliphatic rings. The highest BCUT2D eigenvalue weighted by molar-refractivity contribution is 5.88. The van der Waals surface area contributed by atoms with Gasteiger partial charge in [-0.15, -0.1) is 10.2 Å². The van der Waals surface area contributed by atoms with E-state index in [1.165, 1.54) is 0 Å². The Bertz CT molecular complexity index is 1150. The van der Waals surface area contributed by atoms with Gasteiger partial charge in [0.1, 0.15) is 5.82 Å². The van der Waals surface area contributed by atoms with Crippen LogP contribution in [0.25, 0.3) is 28.2 Å². The number of nitrogens with one attached hydrogen (secondary N) is 1. The molecule has 0 saturated heterocycles. The van der Waals surface area contributed by atoms with Crippen molar-refractivity contribution in [3.8, 4) is 28.2 Å². The second-order valence-corrected chi connectivity index (χ2v) is 6.67. The van der Waals surface area contributed by atoms with Gasteiger partial charge in [0.05, 0.1) is 5.69 Å². The van der Waals surface area contributed by atoms with Crippen LogP contribution >= 0.6 is 0 Å². The second kappa shape index (κ2) is 7.67. The lowest BCUT2D eigenvalue weighted by atomic mass is 9.99. The van der Waals surface area contributed by atoms with E-state index in [2.05, 4.69) is 25.6 Å². The van der Waals surface area contributed by atoms with Crippen molar-refractivity contribution in [2.45, 2.75) is 26.7 Å². The first-order chi connectivity index (χ1) is 14.1. The standard InChI is InChI=1S/C21H20N6O2/c1-3-6-18-19(21(28)29)27(13(2)22-18)15-11-9-14(10-12-15)16-7-4-5-8-17(16)20-23-25-26-24-20/h4-5,7-12H,3,6H2,1-2H3,(H,28,29)(H,23,24,25,26). The number of carboxylic acids is 1. The van der Waals surface area contributed by atoms with E-state index in [4.69, 9.17) is 0 Å². The molecule has 2 aromatic carbocycles. The zero-order chi connectivity index (χ0) is 20.4. The zero-order valence-electron chi connectivity index (χ0n) is 16.1. The number of nitrogens with zero attached hydrogens (tertiary/aromatic N) is 5. The fourth-order valence-electron chi connectivity index (χ4n) is 3.53. The van der Waals surface area contributed by atoms with E-state index in [0.29, 0.717) is 23.8 Å². The van der Waals surface area contributed by atoms with E-state index in [-0.39, 0.29) is 5.69 Å². The van der Waals surface area contributed by atoms with E-state index in [9.17, 15) is 9.90 Å². The highest BCUT2D eigenvalue weighted by atomic mass is 16.4. The van der Waals surface area contributed by atoms with Crippen molar-refractivity contribution in [1.29, 1.82) is 0 Å². The first-order valence-corrected chi connectivity index (χ1v) is 9.35. The van der Waals surface area contributed by atoms with E-state index >= 15 is 0 Å². The molecule has 0 atom stereocenters. The van der Waals surface area contributed by atoms with Crippen LogP contribution in [-0.2, 0) is 6.42 Å². The lowest BCUT2D eigenvalue weighted by Crippen LogP contribution is -2.10. The molecule has 8 nitrogen and oxygen atoms in total. The highest BCUT2D eigenvalue weighted by Gasteiger charge is 2.21. The van der Waals surface area contributed by atoms with Gasteiger partial charge in [-0.3, -0.25) is 4.57 Å². The Morgan fingerprint density at radius 2 is 1.83 bits per heavy atom. The van der Waals surface area contributed by atoms with Gasteiger partial charge in [0.15, 0.2) is 5.69 Å². The van der Waals surface area contributed by atoms with Crippen LogP contribution in [0.2, 0.25) is 0 Å². The number of rotatable bonds is 6. The number of carbonyl (C=O) groups is 1. The van der Waals surface area contributed by atoms with Crippen molar-refractivity contribution in [2.24, 2.45) is 0 Å². The monoisotopic (exact) mass is 388 g/mol. The summed E-state index contributed by atoms with van der Waals surface area (Å²) in [4.78, 5) is 16.4. The zero-order valence-corrected chi connectivity index (χ0v) is 16.1. The van der Waals surface area contributed by atoms with Gasteiger partial charge in [-0.2, -0.15) is 5.21 Å². The second-order valence-electron chi connectivity index (χ2n) is 6.67. The third kappa shape index (κ3) is 3.40. The quantitative estimate of drug-likeness (QED) is 0.521. The van der Waals surface area contributed by atoms with Crippen LogP contribution < -0.4 is 0 Å². The van der Waals surface area contributed by atoms with Gasteiger partial charge in [0.25, 0.3) is 0 Å². The number of aromatic nitrogens is 6. The maximum atomic E-state index is 11.9. The smallest absolute Gasteiger partial charge is 0.354 e. The molecule has 4 rings (SSSR count). The summed E-state index contributed by atoms with van der Waals surface area (Å²) in [7, 11) is 0. The topological polar surface area (TPSA) is 110 Å². The van der Waals surface area contributed by atoms with E-state index in [1.807, 2.05) is 62.4 Å². The average molecular weight is 388 g/mol. The molecule has 0 radical (unpaired) electrons. The van der Waals surface area contributed by atoms with E-state index < -0.39 is 5.97 Å². The minimum atomic E-state index is -0.972. The fraction of sp³-hybridized carbons (Fsp3) is 0.190. The molecule has 0 saturated carbocycles. The normalized spacial score (nSPS) is 11.0. The van der Waals surface area contributed by atoms with Crippen molar-refractivity contribution >= 4 is 5.97 Å². The van der Waals surface area contributed by atoms with Crippen LogP contribution in [0.15, 0.2) is 48.5 Å². The lowest BCUT2D eigenvalue weighted by Gasteiger charge is -2.11. The summed E-state index contributed by atoms with van der Waals surface area (Å²) in [6.07, 6.45) is 1.47. The summed E-state index contributed by atoms with van der Waals surface area (Å²) in [5.41, 5.74) is 4.40. The first-order valence-electron chi connectivity index (χ1n) is 9.35. The Hall–Kier alpha value is -3.81. The molecule has 2 N–H and O–H groups in total. The largest absolute Gasteiger partial charge is 0.477 e. The molecule has 8 heteroatoms. The maximum Gasteiger partial charge on any atom is 0.354 e. The molecule has 4 aromatic rings. The summed E-state index contributed by atoms with van der Waals surface area (Å²) in [5, 5.41) is 24.0. The summed E-state index contributed by atoms with van der Waals surface area (Å²) in [5.74, 6) is 0.207. The van der Waals surface area contributed by atoms with Crippen LogP contribution in [0, 0.1) is 6.92 Å². The van der Waals surface area contributed by atoms with Gasteiger partial charge in [-0.1, -0.05) is 49.7 Å². The Balaban J connectivity index is 1.77. The molecule has 0 aliphatic carbocycles. The highest BCUT2D eigenvalue weighted by Crippen LogP contribution is 2.30. The Labute approximate surface area is 167 Å². The molecule has 0 fully saturated rings. The Morgan fingerprint density at radius 1 is 1.10 bits per heavy atom. The molecule has 29 heavy (non-hydrogen) atoms. The number of benzene rings is 2. The maximum absolute atomic E-state index is 11.9. The van der Waals surface area contributed by atoms with Crippen LogP contribution in [0.5, 0.6) is 0 Å². The van der Waals surface area contributed by atoms with Crippen molar-refractivity contribution < 1.29 is 9.90 Å². The summed E-state index contributed by atoms with van der Waals surface area (Å²) in [6, 6.07) is 15.5. The molecule has 0 spiro atoms. The number of carboxylic acid groups (broad SMARTS) is 1. The Morgan fingerprint density at radius 3 is 2.45 bits per heavy atom. The van der Waals surface area contributed by atoms with Gasteiger partial charge >= 0.3 is 5.97 Å². The minimum absolute atomic E-state index is 0.226. The van der Waals surface area contributed by atoms with E-state index in [0.717, 1.165) is 28.8 Å². The van der Waals surface area contributed by atoms with E-state index in [1.54, 1.807) is 4.57 Å². The van der Waals surface area contributed by atoms with Crippen molar-refractivity contribution in [3.63, 3.8) is 0 Å². The molecule has 2 heterocycles. The lowest BCUT2D eigenvalue weighted by molar-refractivity contribution is 0.0686. The first kappa shape index (κ1) is 18.5. The van der Waals surface area contributed by atoms with Gasteiger partial charge in [0, 0.05) is 11.3 Å². The molecule has 2 aromatic heterocycles. The molecular formula is C21H20N6O2. The predicted octanol–water partition coefficient (Wildman–Crippen LogP) is 3.68. The number of hydrogen-bond acceptors (Lipinski definition) is 5. The average Bonchev–Trinajstić information content (AvgIpc) is 3.36. The van der Waals surface area contributed by atoms with Crippen LogP contribution in [0.1, 0.15) is 35.4 Å². The molecule has 0 aliphatic heterocycles. The predicted molar refractivity (Wildman–Crippen MR) is 108 cm³/mol. The number of hydrogen-bond donors (Lipinski definition) is 2. The summed E-state index contributed by atoms with van der Waals surface area (Å²) >= 11 is 0. The summed E-state index contributed by atoms with van der Waals surface area (Å²) < 4.78 is 1.70. The third-order valence-corrected chi connectivity index (χ3v) is 4.76. The van der Waals surface area contributed by atoms with Gasteiger partial charge in [0.2, 0.25) is 5.82 Å². The van der Waals surface area contributed by atoms with Gasteiger partial charge < -0.3 is 5.11 Å². The van der Waals surface area contributed by atoms with Crippen LogP contribution in [-0.4, -0.2) is 41.3 Å². The number of aromatic carboxylic acids is 1. The number of H-pyrrole nitrogens is 1. The number of imidazole rings is 1. The molecular weight excluding hydrogens is 368 g/mol. The molecule has 146 valence electrons. The van der Waals surface area contributed by atoms with Crippen LogP contribution in [0.3, 0.4) is 0 Å². The van der Waals surface area contributed by atoms with Gasteiger partial charge in [-0.25, -0.2) is 9.78 Å². The molecule has 0 amide bonds. The Kier molecular flexibility index (Phi) is 4.90. The van der Waals surface area contributed by atoms with Crippen molar-refractivity contribution in [1.82, 2.24) is 30.2 Å². The van der Waals surface area contributed by atoms with Crippen molar-refractivity contribution in [2.75, 3.05) is 0 Å². The SMILES string of the molecule is CCCc1nc(C)n(-c2ccc(-c3ccccc3-c3nn[nH]n3)cc2)c1C(=O)O. The number of tetrazole rings is 1. The summed E-state index contributed by atoms with van der Waals surface area (Å²) in [6.45, 7) is 3.83. The fourth-order valence-corrected chi connectivity index (χ4v) is 3.53. The number of aromatic amines is 1. The van der Waals surface area contributed by atoms with Gasteiger partial charge in [-0.05, 0) is 41.8 Å². The molecule has 0 bridgehead atoms. The molecule has 0 unspecified atom stereocenters. The minimum Gasteiger partial charge on any atom is -0.477 e. The van der Waals surface area contributed by atoms with Crippen LogP contribution in [0.4, 0.5) is 0 Å².